The fraction of sp³-hybridized carbons (Fsp3) is 0.385. The van der Waals surface area contributed by atoms with Gasteiger partial charge in [0.25, 0.3) is 0 Å². The van der Waals surface area contributed by atoms with Crippen LogP contribution in [0.4, 0.5) is 11.5 Å². The van der Waals surface area contributed by atoms with Crippen molar-refractivity contribution >= 4 is 22.8 Å². The van der Waals surface area contributed by atoms with Crippen molar-refractivity contribution in [2.45, 2.75) is 26.3 Å². The zero-order valence-corrected chi connectivity index (χ0v) is 11.7. The van der Waals surface area contributed by atoms with Gasteiger partial charge in [0.15, 0.2) is 0 Å². The first-order valence-corrected chi connectivity index (χ1v) is 6.89. The van der Waals surface area contributed by atoms with Crippen LogP contribution in [-0.2, 0) is 6.42 Å². The molecule has 0 bridgehead atoms. The molecule has 0 aliphatic heterocycles. The van der Waals surface area contributed by atoms with Gasteiger partial charge in [-0.3, -0.25) is 0 Å². The molecule has 2 rings (SSSR count). The molecule has 2 heterocycles. The Hall–Kier alpha value is -1.62. The average Bonchev–Trinajstić information content (AvgIpc) is 2.88. The van der Waals surface area contributed by atoms with Crippen molar-refractivity contribution in [1.29, 1.82) is 0 Å². The van der Waals surface area contributed by atoms with E-state index in [4.69, 9.17) is 0 Å². The molecule has 1 unspecified atom stereocenters. The Morgan fingerprint density at radius 2 is 2.22 bits per heavy atom. The largest absolute Gasteiger partial charge is 0.376 e. The Balaban J connectivity index is 2.08. The number of nitrogens with one attached hydrogen (secondary N) is 2. The summed E-state index contributed by atoms with van der Waals surface area (Å²) in [6.07, 6.45) is 4.80. The van der Waals surface area contributed by atoms with E-state index in [2.05, 4.69) is 34.4 Å². The number of pyridine rings is 1. The third-order valence-corrected chi connectivity index (χ3v) is 4.01. The lowest BCUT2D eigenvalue weighted by molar-refractivity contribution is 0.869. The van der Waals surface area contributed by atoms with E-state index >= 15 is 0 Å². The molecular weight excluding hydrogens is 244 g/mol. The molecule has 0 fully saturated rings. The van der Waals surface area contributed by atoms with Gasteiger partial charge < -0.3 is 10.6 Å². The molecule has 2 aromatic rings. The van der Waals surface area contributed by atoms with Crippen molar-refractivity contribution < 1.29 is 0 Å². The first-order chi connectivity index (χ1) is 8.72. The topological polar surface area (TPSA) is 49.8 Å². The zero-order valence-electron chi connectivity index (χ0n) is 10.9. The number of anilines is 2. The van der Waals surface area contributed by atoms with Crippen molar-refractivity contribution in [3.8, 4) is 0 Å². The second-order valence-corrected chi connectivity index (χ2v) is 5.21. The van der Waals surface area contributed by atoms with Crippen LogP contribution in [0.15, 0.2) is 24.5 Å². The molecule has 96 valence electrons. The molecule has 4 nitrogen and oxygen atoms in total. The maximum absolute atomic E-state index is 4.45. The van der Waals surface area contributed by atoms with Crippen molar-refractivity contribution in [2.75, 3.05) is 17.7 Å². The van der Waals surface area contributed by atoms with E-state index in [1.165, 1.54) is 4.88 Å². The molecule has 1 atom stereocenters. The molecule has 0 aliphatic carbocycles. The van der Waals surface area contributed by atoms with Gasteiger partial charge in [0.2, 0.25) is 0 Å². The predicted octanol–water partition coefficient (Wildman–Crippen LogP) is 3.32. The summed E-state index contributed by atoms with van der Waals surface area (Å²) >= 11 is 1.77. The molecular formula is C13H18N4S. The Morgan fingerprint density at radius 3 is 2.89 bits per heavy atom. The SMILES string of the molecule is CCc1cnc(C(C)Nc2ccnc(NC)c2)s1. The van der Waals surface area contributed by atoms with Gasteiger partial charge >= 0.3 is 0 Å². The van der Waals surface area contributed by atoms with E-state index in [0.717, 1.165) is 22.9 Å². The molecule has 5 heteroatoms. The molecule has 0 aliphatic rings. The number of aryl methyl sites for hydroxylation is 1. The summed E-state index contributed by atoms with van der Waals surface area (Å²) in [5.41, 5.74) is 1.05. The van der Waals surface area contributed by atoms with Crippen molar-refractivity contribution in [1.82, 2.24) is 9.97 Å². The summed E-state index contributed by atoms with van der Waals surface area (Å²) in [5.74, 6) is 0.862. The minimum Gasteiger partial charge on any atom is -0.376 e. The summed E-state index contributed by atoms with van der Waals surface area (Å²) in [5, 5.41) is 7.59. The van der Waals surface area contributed by atoms with Crippen molar-refractivity contribution in [3.05, 3.63) is 34.4 Å². The third kappa shape index (κ3) is 2.98. The highest BCUT2D eigenvalue weighted by Crippen LogP contribution is 2.24. The van der Waals surface area contributed by atoms with Crippen LogP contribution in [0, 0.1) is 0 Å². The Kier molecular flexibility index (Phi) is 4.15. The van der Waals surface area contributed by atoms with Crippen molar-refractivity contribution in [3.63, 3.8) is 0 Å². The number of thiazole rings is 1. The number of hydrogen-bond donors (Lipinski definition) is 2. The normalized spacial score (nSPS) is 12.2. The van der Waals surface area contributed by atoms with E-state index in [-0.39, 0.29) is 6.04 Å². The van der Waals surface area contributed by atoms with Gasteiger partial charge in [-0.1, -0.05) is 6.92 Å². The van der Waals surface area contributed by atoms with Crippen LogP contribution < -0.4 is 10.6 Å². The summed E-state index contributed by atoms with van der Waals surface area (Å²) in [6, 6.07) is 4.17. The van der Waals surface area contributed by atoms with Gasteiger partial charge in [-0.05, 0) is 19.4 Å². The quantitative estimate of drug-likeness (QED) is 0.868. The molecule has 0 saturated carbocycles. The first kappa shape index (κ1) is 12.8. The van der Waals surface area contributed by atoms with Crippen LogP contribution in [0.25, 0.3) is 0 Å². The van der Waals surface area contributed by atoms with Crippen LogP contribution in [0.3, 0.4) is 0 Å². The molecule has 18 heavy (non-hydrogen) atoms. The number of rotatable bonds is 5. The lowest BCUT2D eigenvalue weighted by Gasteiger charge is -2.13. The maximum Gasteiger partial charge on any atom is 0.127 e. The van der Waals surface area contributed by atoms with Crippen LogP contribution in [0.1, 0.15) is 29.8 Å². The van der Waals surface area contributed by atoms with Crippen LogP contribution in [0.5, 0.6) is 0 Å². The molecule has 0 spiro atoms. The van der Waals surface area contributed by atoms with Crippen LogP contribution in [0.2, 0.25) is 0 Å². The number of hydrogen-bond acceptors (Lipinski definition) is 5. The number of aromatic nitrogens is 2. The monoisotopic (exact) mass is 262 g/mol. The molecule has 0 aromatic carbocycles. The minimum atomic E-state index is 0.211. The summed E-state index contributed by atoms with van der Waals surface area (Å²) in [7, 11) is 1.86. The average molecular weight is 262 g/mol. The molecule has 0 amide bonds. The third-order valence-electron chi connectivity index (χ3n) is 2.69. The van der Waals surface area contributed by atoms with Crippen LogP contribution in [-0.4, -0.2) is 17.0 Å². The standard InChI is InChI=1S/C13H18N4S/c1-4-11-8-16-13(18-11)9(2)17-10-5-6-15-12(7-10)14-3/h5-9H,4H2,1-3H3,(H2,14,15,17). The number of nitrogens with zero attached hydrogens (tertiary/aromatic N) is 2. The summed E-state index contributed by atoms with van der Waals surface area (Å²) < 4.78 is 0. The Bertz CT molecular complexity index is 509. The highest BCUT2D eigenvalue weighted by molar-refractivity contribution is 7.11. The summed E-state index contributed by atoms with van der Waals surface area (Å²) in [4.78, 5) is 9.97. The van der Waals surface area contributed by atoms with Gasteiger partial charge in [-0.2, -0.15) is 0 Å². The Labute approximate surface area is 111 Å². The van der Waals surface area contributed by atoms with E-state index in [1.54, 1.807) is 17.5 Å². The van der Waals surface area contributed by atoms with Gasteiger partial charge in [0, 0.05) is 36.1 Å². The highest BCUT2D eigenvalue weighted by Gasteiger charge is 2.10. The summed E-state index contributed by atoms with van der Waals surface area (Å²) in [6.45, 7) is 4.27. The fourth-order valence-electron chi connectivity index (χ4n) is 1.66. The molecule has 0 saturated heterocycles. The van der Waals surface area contributed by atoms with E-state index < -0.39 is 0 Å². The lowest BCUT2D eigenvalue weighted by atomic mass is 10.3. The van der Waals surface area contributed by atoms with Gasteiger partial charge in [0.05, 0.1) is 6.04 Å². The molecule has 2 aromatic heterocycles. The maximum atomic E-state index is 4.45. The minimum absolute atomic E-state index is 0.211. The Morgan fingerprint density at radius 1 is 1.39 bits per heavy atom. The fourth-order valence-corrected chi connectivity index (χ4v) is 2.51. The second-order valence-electron chi connectivity index (χ2n) is 4.06. The molecule has 2 N–H and O–H groups in total. The highest BCUT2D eigenvalue weighted by atomic mass is 32.1. The van der Waals surface area contributed by atoms with Crippen LogP contribution >= 0.6 is 11.3 Å². The van der Waals surface area contributed by atoms with E-state index in [1.807, 2.05) is 25.4 Å². The van der Waals surface area contributed by atoms with Gasteiger partial charge in [0.1, 0.15) is 10.8 Å². The smallest absolute Gasteiger partial charge is 0.127 e. The van der Waals surface area contributed by atoms with E-state index in [0.29, 0.717) is 0 Å². The second kappa shape index (κ2) is 5.82. The van der Waals surface area contributed by atoms with Gasteiger partial charge in [-0.15, -0.1) is 11.3 Å². The zero-order chi connectivity index (χ0) is 13.0. The first-order valence-electron chi connectivity index (χ1n) is 6.08. The van der Waals surface area contributed by atoms with Crippen molar-refractivity contribution in [2.24, 2.45) is 0 Å². The van der Waals surface area contributed by atoms with E-state index in [9.17, 15) is 0 Å². The van der Waals surface area contributed by atoms with Gasteiger partial charge in [-0.25, -0.2) is 9.97 Å². The molecule has 0 radical (unpaired) electrons. The lowest BCUT2D eigenvalue weighted by Crippen LogP contribution is -2.06. The predicted molar refractivity (Wildman–Crippen MR) is 77.3 cm³/mol.